The summed E-state index contributed by atoms with van der Waals surface area (Å²) in [4.78, 5) is 10.3. The van der Waals surface area contributed by atoms with Gasteiger partial charge in [0.15, 0.2) is 0 Å². The molecule has 13 heavy (non-hydrogen) atoms. The average molecular weight is 180 g/mol. The van der Waals surface area contributed by atoms with Crippen molar-refractivity contribution in [2.45, 2.75) is 40.5 Å². The van der Waals surface area contributed by atoms with Gasteiger partial charge in [-0.15, -0.1) is 0 Å². The molecule has 74 valence electrons. The van der Waals surface area contributed by atoms with Gasteiger partial charge in [0.1, 0.15) is 6.29 Å². The van der Waals surface area contributed by atoms with Crippen molar-refractivity contribution in [2.75, 3.05) is 0 Å². The van der Waals surface area contributed by atoms with Gasteiger partial charge in [0.25, 0.3) is 0 Å². The largest absolute Gasteiger partial charge is 0.299 e. The molecule has 1 nitrogen and oxygen atoms in total. The molecule has 1 atom stereocenters. The molecule has 0 saturated heterocycles. The second kappa shape index (κ2) is 6.64. The topological polar surface area (TPSA) is 17.1 Å². The summed E-state index contributed by atoms with van der Waals surface area (Å²) in [5.74, 6) is 0.491. The van der Waals surface area contributed by atoms with Gasteiger partial charge in [0, 0.05) is 0 Å². The summed E-state index contributed by atoms with van der Waals surface area (Å²) in [5.41, 5.74) is 2.58. The Morgan fingerprint density at radius 2 is 2.00 bits per heavy atom. The molecule has 0 aliphatic rings. The van der Waals surface area contributed by atoms with Crippen molar-refractivity contribution >= 4 is 6.29 Å². The third-order valence-electron chi connectivity index (χ3n) is 2.20. The molecule has 0 N–H and O–H groups in total. The Kier molecular flexibility index (Phi) is 6.21. The molecular formula is C12H20O. The predicted molar refractivity (Wildman–Crippen MR) is 57.7 cm³/mol. The van der Waals surface area contributed by atoms with Crippen LogP contribution >= 0.6 is 0 Å². The third-order valence-corrected chi connectivity index (χ3v) is 2.20. The second-order valence-electron chi connectivity index (χ2n) is 3.65. The first-order valence-electron chi connectivity index (χ1n) is 4.89. The van der Waals surface area contributed by atoms with Crippen LogP contribution in [0, 0.1) is 5.92 Å². The van der Waals surface area contributed by atoms with Crippen molar-refractivity contribution in [3.05, 3.63) is 23.3 Å². The van der Waals surface area contributed by atoms with Gasteiger partial charge in [0.05, 0.1) is 0 Å². The number of hydrogen-bond acceptors (Lipinski definition) is 1. The molecule has 0 aromatic heterocycles. The lowest BCUT2D eigenvalue weighted by molar-refractivity contribution is -0.104. The Balaban J connectivity index is 4.22. The molecular weight excluding hydrogens is 160 g/mol. The minimum atomic E-state index is 0.491. The van der Waals surface area contributed by atoms with E-state index in [0.29, 0.717) is 5.92 Å². The van der Waals surface area contributed by atoms with Gasteiger partial charge in [-0.3, -0.25) is 4.79 Å². The third kappa shape index (κ3) is 5.40. The summed E-state index contributed by atoms with van der Waals surface area (Å²) in [7, 11) is 0. The Labute approximate surface area is 81.5 Å². The van der Waals surface area contributed by atoms with Gasteiger partial charge in [-0.1, -0.05) is 31.1 Å². The zero-order chi connectivity index (χ0) is 10.3. The van der Waals surface area contributed by atoms with E-state index in [9.17, 15) is 4.79 Å². The second-order valence-corrected chi connectivity index (χ2v) is 3.65. The zero-order valence-electron chi connectivity index (χ0n) is 9.13. The lowest BCUT2D eigenvalue weighted by atomic mass is 9.94. The van der Waals surface area contributed by atoms with E-state index in [4.69, 9.17) is 0 Å². The van der Waals surface area contributed by atoms with E-state index < -0.39 is 0 Å². The molecule has 1 heteroatoms. The first-order chi connectivity index (χ1) is 6.11. The average Bonchev–Trinajstić information content (AvgIpc) is 2.10. The maximum Gasteiger partial charge on any atom is 0.142 e. The lowest BCUT2D eigenvalue weighted by Gasteiger charge is -2.11. The Morgan fingerprint density at radius 3 is 2.38 bits per heavy atom. The highest BCUT2D eigenvalue weighted by Gasteiger charge is 2.04. The van der Waals surface area contributed by atoms with Crippen LogP contribution in [0.1, 0.15) is 40.5 Å². The molecule has 0 aliphatic heterocycles. The predicted octanol–water partition coefficient (Wildman–Crippen LogP) is 3.51. The fourth-order valence-corrected chi connectivity index (χ4v) is 1.28. The first kappa shape index (κ1) is 12.2. The zero-order valence-corrected chi connectivity index (χ0v) is 9.13. The minimum Gasteiger partial charge on any atom is -0.299 e. The van der Waals surface area contributed by atoms with E-state index in [1.165, 1.54) is 11.1 Å². The SMILES string of the molecule is CC/C(=C\C=O)C(C)CC=C(C)C. The fraction of sp³-hybridized carbons (Fsp3) is 0.583. The van der Waals surface area contributed by atoms with Crippen LogP contribution in [0.2, 0.25) is 0 Å². The van der Waals surface area contributed by atoms with E-state index in [2.05, 4.69) is 33.8 Å². The molecule has 0 aliphatic carbocycles. The Bertz CT molecular complexity index is 207. The van der Waals surface area contributed by atoms with Crippen LogP contribution < -0.4 is 0 Å². The number of hydrogen-bond donors (Lipinski definition) is 0. The van der Waals surface area contributed by atoms with Crippen LogP contribution in [-0.4, -0.2) is 6.29 Å². The van der Waals surface area contributed by atoms with Crippen LogP contribution in [0.5, 0.6) is 0 Å². The molecule has 0 aromatic rings. The molecule has 0 fully saturated rings. The highest BCUT2D eigenvalue weighted by Crippen LogP contribution is 2.18. The van der Waals surface area contributed by atoms with Crippen LogP contribution in [0.25, 0.3) is 0 Å². The maximum atomic E-state index is 10.3. The maximum absolute atomic E-state index is 10.3. The van der Waals surface area contributed by atoms with Crippen molar-refractivity contribution in [1.29, 1.82) is 0 Å². The van der Waals surface area contributed by atoms with E-state index in [-0.39, 0.29) is 0 Å². The van der Waals surface area contributed by atoms with Crippen molar-refractivity contribution in [3.8, 4) is 0 Å². The van der Waals surface area contributed by atoms with Crippen molar-refractivity contribution in [2.24, 2.45) is 5.92 Å². The summed E-state index contributed by atoms with van der Waals surface area (Å²) < 4.78 is 0. The van der Waals surface area contributed by atoms with Crippen molar-refractivity contribution in [1.82, 2.24) is 0 Å². The molecule has 0 aromatic carbocycles. The van der Waals surface area contributed by atoms with Crippen molar-refractivity contribution < 1.29 is 4.79 Å². The monoisotopic (exact) mass is 180 g/mol. The molecule has 0 spiro atoms. The molecule has 0 rings (SSSR count). The quantitative estimate of drug-likeness (QED) is 0.359. The smallest absolute Gasteiger partial charge is 0.142 e. The van der Waals surface area contributed by atoms with Crippen LogP contribution in [-0.2, 0) is 4.79 Å². The summed E-state index contributed by atoms with van der Waals surface area (Å²) in [6, 6.07) is 0. The summed E-state index contributed by atoms with van der Waals surface area (Å²) in [6.07, 6.45) is 6.81. The normalized spacial score (nSPS) is 13.7. The highest BCUT2D eigenvalue weighted by atomic mass is 16.1. The van der Waals surface area contributed by atoms with Gasteiger partial charge < -0.3 is 0 Å². The summed E-state index contributed by atoms with van der Waals surface area (Å²) in [6.45, 7) is 8.45. The summed E-state index contributed by atoms with van der Waals surface area (Å²) in [5, 5.41) is 0. The number of carbonyl (C=O) groups is 1. The van der Waals surface area contributed by atoms with Crippen LogP contribution in [0.3, 0.4) is 0 Å². The fourth-order valence-electron chi connectivity index (χ4n) is 1.28. The molecule has 0 heterocycles. The summed E-state index contributed by atoms with van der Waals surface area (Å²) >= 11 is 0. The highest BCUT2D eigenvalue weighted by molar-refractivity contribution is 5.66. The van der Waals surface area contributed by atoms with Gasteiger partial charge in [-0.05, 0) is 38.7 Å². The first-order valence-corrected chi connectivity index (χ1v) is 4.89. The van der Waals surface area contributed by atoms with Crippen LogP contribution in [0.15, 0.2) is 23.3 Å². The van der Waals surface area contributed by atoms with Crippen molar-refractivity contribution in [3.63, 3.8) is 0 Å². The molecule has 0 saturated carbocycles. The number of allylic oxidation sites excluding steroid dienone is 4. The van der Waals surface area contributed by atoms with E-state index in [1.54, 1.807) is 6.08 Å². The van der Waals surface area contributed by atoms with E-state index in [0.717, 1.165) is 19.1 Å². The van der Waals surface area contributed by atoms with Gasteiger partial charge in [0.2, 0.25) is 0 Å². The number of carbonyl (C=O) groups excluding carboxylic acids is 1. The van der Waals surface area contributed by atoms with Gasteiger partial charge >= 0.3 is 0 Å². The van der Waals surface area contributed by atoms with Gasteiger partial charge in [-0.25, -0.2) is 0 Å². The Hall–Kier alpha value is -0.850. The standard InChI is InChI=1S/C12H20O/c1-5-12(8-9-13)11(4)7-6-10(2)3/h6,8-9,11H,5,7H2,1-4H3/b12-8+. The number of aldehydes is 1. The van der Waals surface area contributed by atoms with E-state index >= 15 is 0 Å². The van der Waals surface area contributed by atoms with Crippen LogP contribution in [0.4, 0.5) is 0 Å². The lowest BCUT2D eigenvalue weighted by Crippen LogP contribution is -1.97. The molecule has 1 unspecified atom stereocenters. The molecule has 0 radical (unpaired) electrons. The Morgan fingerprint density at radius 1 is 1.38 bits per heavy atom. The minimum absolute atomic E-state index is 0.491. The van der Waals surface area contributed by atoms with Gasteiger partial charge in [-0.2, -0.15) is 0 Å². The number of rotatable bonds is 5. The van der Waals surface area contributed by atoms with E-state index in [1.807, 2.05) is 0 Å². The molecule has 0 amide bonds. The molecule has 0 bridgehead atoms.